The molecule has 2 aliphatic rings. The first-order valence-electron chi connectivity index (χ1n) is 5.89. The Morgan fingerprint density at radius 3 is 3.00 bits per heavy atom. The van der Waals surface area contributed by atoms with Crippen LogP contribution in [0.2, 0.25) is 0 Å². The van der Waals surface area contributed by atoms with E-state index in [4.69, 9.17) is 6.57 Å². The van der Waals surface area contributed by atoms with Gasteiger partial charge in [-0.1, -0.05) is 31.6 Å². The average molecular weight is 215 g/mol. The maximum absolute atomic E-state index is 12.0. The van der Waals surface area contributed by atoms with Crippen molar-refractivity contribution in [1.29, 1.82) is 0 Å². The Hall–Kier alpha value is -1.36. The van der Waals surface area contributed by atoms with Crippen molar-refractivity contribution in [1.82, 2.24) is 0 Å². The Bertz CT molecular complexity index is 413. The first kappa shape index (κ1) is 11.1. The van der Waals surface area contributed by atoms with E-state index in [2.05, 4.69) is 17.8 Å². The average Bonchev–Trinajstić information content (AvgIpc) is 2.49. The molecule has 2 nitrogen and oxygen atoms in total. The molecule has 0 fully saturated rings. The molecule has 0 radical (unpaired) electrons. The van der Waals surface area contributed by atoms with Crippen molar-refractivity contribution in [2.24, 2.45) is 11.3 Å². The van der Waals surface area contributed by atoms with Crippen molar-refractivity contribution < 1.29 is 4.79 Å². The van der Waals surface area contributed by atoms with Gasteiger partial charge in [-0.2, -0.15) is 0 Å². The molecule has 0 aliphatic heterocycles. The SMILES string of the molecule is [C-]#[N+][C@H]1CC=C(CC)C[C@]2(C)C(=O)C=C[C@H]12. The molecule has 84 valence electrons. The monoisotopic (exact) mass is 215 g/mol. The predicted molar refractivity (Wildman–Crippen MR) is 63.7 cm³/mol. The number of allylic oxidation sites excluding steroid dienone is 2. The van der Waals surface area contributed by atoms with E-state index < -0.39 is 0 Å². The number of rotatable bonds is 1. The fourth-order valence-corrected chi connectivity index (χ4v) is 2.90. The van der Waals surface area contributed by atoms with Gasteiger partial charge in [-0.3, -0.25) is 4.79 Å². The van der Waals surface area contributed by atoms with Gasteiger partial charge >= 0.3 is 0 Å². The van der Waals surface area contributed by atoms with Gasteiger partial charge in [-0.25, -0.2) is 6.57 Å². The molecular weight excluding hydrogens is 198 g/mol. The first-order valence-corrected chi connectivity index (χ1v) is 5.89. The summed E-state index contributed by atoms with van der Waals surface area (Å²) in [6.07, 6.45) is 8.42. The van der Waals surface area contributed by atoms with Crippen LogP contribution in [0.5, 0.6) is 0 Å². The number of carbonyl (C=O) groups excluding carboxylic acids is 1. The number of nitrogens with zero attached hydrogens (tertiary/aromatic N) is 1. The van der Waals surface area contributed by atoms with Crippen LogP contribution < -0.4 is 0 Å². The summed E-state index contributed by atoms with van der Waals surface area (Å²) in [6.45, 7) is 11.4. The molecule has 3 atom stereocenters. The summed E-state index contributed by atoms with van der Waals surface area (Å²) in [5.41, 5.74) is 0.976. The van der Waals surface area contributed by atoms with E-state index in [0.29, 0.717) is 0 Å². The minimum Gasteiger partial charge on any atom is -0.313 e. The highest BCUT2D eigenvalue weighted by Crippen LogP contribution is 2.46. The Labute approximate surface area is 96.9 Å². The third-order valence-electron chi connectivity index (χ3n) is 4.03. The molecule has 2 rings (SSSR count). The van der Waals surface area contributed by atoms with E-state index in [9.17, 15) is 4.79 Å². The molecule has 0 unspecified atom stereocenters. The number of carbonyl (C=O) groups is 1. The van der Waals surface area contributed by atoms with Crippen molar-refractivity contribution in [2.45, 2.75) is 39.2 Å². The molecule has 16 heavy (non-hydrogen) atoms. The highest BCUT2D eigenvalue weighted by atomic mass is 16.1. The lowest BCUT2D eigenvalue weighted by Crippen LogP contribution is -2.34. The van der Waals surface area contributed by atoms with Crippen molar-refractivity contribution in [2.75, 3.05) is 0 Å². The molecule has 0 bridgehead atoms. The van der Waals surface area contributed by atoms with Crippen LogP contribution in [0.15, 0.2) is 23.8 Å². The van der Waals surface area contributed by atoms with Crippen molar-refractivity contribution in [3.05, 3.63) is 35.2 Å². The highest BCUT2D eigenvalue weighted by molar-refractivity contribution is 5.98. The van der Waals surface area contributed by atoms with E-state index in [1.165, 1.54) is 5.57 Å². The molecule has 0 spiro atoms. The number of fused-ring (bicyclic) bond motifs is 1. The van der Waals surface area contributed by atoms with Crippen molar-refractivity contribution >= 4 is 5.78 Å². The number of ketones is 1. The van der Waals surface area contributed by atoms with Crippen molar-refractivity contribution in [3.63, 3.8) is 0 Å². The zero-order valence-corrected chi connectivity index (χ0v) is 9.86. The molecule has 0 saturated heterocycles. The lowest BCUT2D eigenvalue weighted by Gasteiger charge is -2.28. The molecular formula is C14H17NO. The summed E-state index contributed by atoms with van der Waals surface area (Å²) in [6, 6.07) is -0.0586. The molecule has 0 amide bonds. The van der Waals surface area contributed by atoms with Gasteiger partial charge in [-0.15, -0.1) is 0 Å². The predicted octanol–water partition coefficient (Wildman–Crippen LogP) is 3.17. The Kier molecular flexibility index (Phi) is 2.71. The summed E-state index contributed by atoms with van der Waals surface area (Å²) in [7, 11) is 0. The lowest BCUT2D eigenvalue weighted by molar-refractivity contribution is -0.123. The van der Waals surface area contributed by atoms with Gasteiger partial charge < -0.3 is 4.85 Å². The van der Waals surface area contributed by atoms with Crippen LogP contribution in [0.4, 0.5) is 0 Å². The van der Waals surface area contributed by atoms with Crippen LogP contribution in [0, 0.1) is 17.9 Å². The smallest absolute Gasteiger partial charge is 0.234 e. The van der Waals surface area contributed by atoms with Crippen molar-refractivity contribution in [3.8, 4) is 0 Å². The molecule has 0 aromatic heterocycles. The van der Waals surface area contributed by atoms with Crippen LogP contribution in [0.25, 0.3) is 4.85 Å². The van der Waals surface area contributed by atoms with E-state index in [1.807, 2.05) is 13.0 Å². The minimum atomic E-state index is -0.354. The van der Waals surface area contributed by atoms with E-state index in [-0.39, 0.29) is 23.2 Å². The fourth-order valence-electron chi connectivity index (χ4n) is 2.90. The fraction of sp³-hybridized carbons (Fsp3) is 0.571. The highest BCUT2D eigenvalue weighted by Gasteiger charge is 2.49. The van der Waals surface area contributed by atoms with Crippen LogP contribution >= 0.6 is 0 Å². The van der Waals surface area contributed by atoms with Gasteiger partial charge in [0.15, 0.2) is 5.78 Å². The van der Waals surface area contributed by atoms with Gasteiger partial charge in [0, 0.05) is 11.8 Å². The summed E-state index contributed by atoms with van der Waals surface area (Å²) in [4.78, 5) is 15.7. The van der Waals surface area contributed by atoms with E-state index >= 15 is 0 Å². The van der Waals surface area contributed by atoms with Gasteiger partial charge in [-0.05, 0) is 18.9 Å². The molecule has 0 saturated carbocycles. The zero-order chi connectivity index (χ0) is 11.8. The molecule has 2 heteroatoms. The first-order chi connectivity index (χ1) is 7.61. The maximum atomic E-state index is 12.0. The van der Waals surface area contributed by atoms with Crippen LogP contribution in [-0.4, -0.2) is 11.8 Å². The molecule has 2 aliphatic carbocycles. The van der Waals surface area contributed by atoms with Gasteiger partial charge in [0.1, 0.15) is 0 Å². The van der Waals surface area contributed by atoms with E-state index in [1.54, 1.807) is 6.08 Å². The third-order valence-corrected chi connectivity index (χ3v) is 4.03. The lowest BCUT2D eigenvalue weighted by atomic mass is 9.72. The van der Waals surface area contributed by atoms with E-state index in [0.717, 1.165) is 19.3 Å². The Balaban J connectivity index is 2.40. The number of hydrogen-bond acceptors (Lipinski definition) is 1. The second-order valence-electron chi connectivity index (χ2n) is 4.99. The molecule has 0 aromatic rings. The summed E-state index contributed by atoms with van der Waals surface area (Å²) < 4.78 is 0. The second-order valence-corrected chi connectivity index (χ2v) is 4.99. The topological polar surface area (TPSA) is 21.4 Å². The standard InChI is InChI=1S/C14H17NO/c1-4-10-5-7-12(15-3)11-6-8-13(16)14(11,2)9-10/h5-6,8,11-12H,4,7,9H2,1-2H3/t11-,12+,14+/m1/s1. The molecule has 0 heterocycles. The van der Waals surface area contributed by atoms with Gasteiger partial charge in [0.25, 0.3) is 0 Å². The molecule has 0 aromatic carbocycles. The van der Waals surface area contributed by atoms with Gasteiger partial charge in [0.05, 0.1) is 5.92 Å². The summed E-state index contributed by atoms with van der Waals surface area (Å²) in [5, 5.41) is 0. The van der Waals surface area contributed by atoms with Crippen LogP contribution in [0.3, 0.4) is 0 Å². The normalized spacial score (nSPS) is 37.6. The van der Waals surface area contributed by atoms with Gasteiger partial charge in [0.2, 0.25) is 6.04 Å². The summed E-state index contributed by atoms with van der Waals surface area (Å²) >= 11 is 0. The quantitative estimate of drug-likeness (QED) is 0.486. The summed E-state index contributed by atoms with van der Waals surface area (Å²) in [5.74, 6) is 0.310. The molecule has 0 N–H and O–H groups in total. The second kappa shape index (κ2) is 3.90. The zero-order valence-electron chi connectivity index (χ0n) is 9.86. The minimum absolute atomic E-state index is 0.0586. The number of hydrogen-bond donors (Lipinski definition) is 0. The maximum Gasteiger partial charge on any atom is 0.234 e. The van der Waals surface area contributed by atoms with Crippen LogP contribution in [0.1, 0.15) is 33.1 Å². The largest absolute Gasteiger partial charge is 0.313 e. The third kappa shape index (κ3) is 1.51. The van der Waals surface area contributed by atoms with Crippen LogP contribution in [-0.2, 0) is 4.79 Å². The Morgan fingerprint density at radius 1 is 1.62 bits per heavy atom. The Morgan fingerprint density at radius 2 is 2.38 bits per heavy atom.